The molecule has 3 rings (SSSR count). The molecule has 2 N–H and O–H groups in total. The molecule has 2 aromatic rings. The summed E-state index contributed by atoms with van der Waals surface area (Å²) in [5.74, 6) is -0.971. The number of nitrogens with zero attached hydrogens (tertiary/aromatic N) is 1. The number of hydrogen-bond acceptors (Lipinski definition) is 4. The summed E-state index contributed by atoms with van der Waals surface area (Å²) < 4.78 is 5.51. The van der Waals surface area contributed by atoms with Crippen molar-refractivity contribution in [3.05, 3.63) is 65.1 Å². The second-order valence-corrected chi connectivity index (χ2v) is 7.18. The molecule has 142 valence electrons. The third-order valence-corrected chi connectivity index (χ3v) is 4.75. The quantitative estimate of drug-likeness (QED) is 0.460. The first-order valence-corrected chi connectivity index (χ1v) is 9.08. The Morgan fingerprint density at radius 3 is 2.48 bits per heavy atom. The molecule has 6 heteroatoms. The molecular formula is C21H25N2O4+. The van der Waals surface area contributed by atoms with Gasteiger partial charge in [-0.1, -0.05) is 29.8 Å². The Hall–Kier alpha value is -2.86. The van der Waals surface area contributed by atoms with Crippen molar-refractivity contribution in [1.82, 2.24) is 4.90 Å². The van der Waals surface area contributed by atoms with E-state index in [1.54, 1.807) is 24.3 Å². The molecule has 1 amide bonds. The van der Waals surface area contributed by atoms with Gasteiger partial charge in [-0.25, -0.2) is 0 Å². The highest BCUT2D eigenvalue weighted by atomic mass is 16.3. The summed E-state index contributed by atoms with van der Waals surface area (Å²) in [4.78, 5) is 28.2. The number of hydrogen-bond donors (Lipinski definition) is 2. The SMILES string of the molecule is Cc1ccc(C(O)=C2C(=O)C(=O)N(CCC[NH+](C)C)[C@H]2c2ccco2)cc1. The average molecular weight is 369 g/mol. The van der Waals surface area contributed by atoms with E-state index >= 15 is 0 Å². The molecule has 0 spiro atoms. The van der Waals surface area contributed by atoms with E-state index in [0.717, 1.165) is 18.5 Å². The summed E-state index contributed by atoms with van der Waals surface area (Å²) in [5.41, 5.74) is 1.63. The number of Topliss-reactive ketones (excluding diaryl/α,β-unsaturated/α-hetero) is 1. The number of rotatable bonds is 6. The van der Waals surface area contributed by atoms with Crippen molar-refractivity contribution in [2.24, 2.45) is 0 Å². The van der Waals surface area contributed by atoms with Crippen LogP contribution in [-0.4, -0.2) is 48.9 Å². The first-order chi connectivity index (χ1) is 12.9. The highest BCUT2D eigenvalue weighted by Gasteiger charge is 2.47. The lowest BCUT2D eigenvalue weighted by Gasteiger charge is -2.23. The van der Waals surface area contributed by atoms with Gasteiger partial charge in [0.25, 0.3) is 11.7 Å². The largest absolute Gasteiger partial charge is 0.507 e. The molecule has 27 heavy (non-hydrogen) atoms. The Bertz CT molecular complexity index is 851. The predicted molar refractivity (Wildman–Crippen MR) is 101 cm³/mol. The number of ketones is 1. The zero-order chi connectivity index (χ0) is 19.6. The van der Waals surface area contributed by atoms with Crippen molar-refractivity contribution in [2.75, 3.05) is 27.2 Å². The van der Waals surface area contributed by atoms with Gasteiger partial charge < -0.3 is 19.3 Å². The minimum absolute atomic E-state index is 0.0796. The first kappa shape index (κ1) is 18.9. The summed E-state index contributed by atoms with van der Waals surface area (Å²) in [5, 5.41) is 10.8. The van der Waals surface area contributed by atoms with Crippen molar-refractivity contribution in [1.29, 1.82) is 0 Å². The van der Waals surface area contributed by atoms with Crippen LogP contribution in [0.2, 0.25) is 0 Å². The summed E-state index contributed by atoms with van der Waals surface area (Å²) >= 11 is 0. The van der Waals surface area contributed by atoms with Crippen molar-refractivity contribution < 1.29 is 24.0 Å². The lowest BCUT2D eigenvalue weighted by molar-refractivity contribution is -0.858. The van der Waals surface area contributed by atoms with E-state index in [2.05, 4.69) is 0 Å². The number of aliphatic hydroxyl groups excluding tert-OH is 1. The molecule has 1 aliphatic heterocycles. The van der Waals surface area contributed by atoms with Crippen LogP contribution in [0.15, 0.2) is 52.7 Å². The Morgan fingerprint density at radius 2 is 1.89 bits per heavy atom. The number of aryl methyl sites for hydroxylation is 1. The summed E-state index contributed by atoms with van der Waals surface area (Å²) in [6.45, 7) is 3.23. The Kier molecular flexibility index (Phi) is 5.46. The molecule has 0 bridgehead atoms. The minimum Gasteiger partial charge on any atom is -0.507 e. The molecule has 1 fully saturated rings. The van der Waals surface area contributed by atoms with Crippen molar-refractivity contribution in [3.8, 4) is 0 Å². The van der Waals surface area contributed by atoms with Gasteiger partial charge in [-0.2, -0.15) is 0 Å². The summed E-state index contributed by atoms with van der Waals surface area (Å²) in [7, 11) is 4.07. The standard InChI is InChI=1S/C21H24N2O4/c1-14-7-9-15(10-8-14)19(24)17-18(16-6-4-13-27-16)23(21(26)20(17)25)12-5-11-22(2)3/h4,6-10,13,18,24H,5,11-12H2,1-3H3/p+1/t18-/m0/s1. The van der Waals surface area contributed by atoms with Crippen LogP contribution in [0.1, 0.15) is 29.3 Å². The van der Waals surface area contributed by atoms with E-state index < -0.39 is 17.7 Å². The normalized spacial score (nSPS) is 19.3. The topological polar surface area (TPSA) is 75.2 Å². The van der Waals surface area contributed by atoms with E-state index in [1.165, 1.54) is 16.1 Å². The number of quaternary nitrogens is 1. The molecular weight excluding hydrogens is 344 g/mol. The Labute approximate surface area is 158 Å². The minimum atomic E-state index is -0.710. The maximum absolute atomic E-state index is 12.7. The van der Waals surface area contributed by atoms with Gasteiger partial charge in [0, 0.05) is 18.5 Å². The Morgan fingerprint density at radius 1 is 1.19 bits per heavy atom. The zero-order valence-electron chi connectivity index (χ0n) is 15.9. The molecule has 0 unspecified atom stereocenters. The number of benzene rings is 1. The monoisotopic (exact) mass is 369 g/mol. The van der Waals surface area contributed by atoms with Gasteiger partial charge in [0.15, 0.2) is 0 Å². The number of nitrogens with one attached hydrogen (secondary N) is 1. The number of aliphatic hydroxyl groups is 1. The summed E-state index contributed by atoms with van der Waals surface area (Å²) in [6, 6.07) is 9.92. The van der Waals surface area contributed by atoms with Gasteiger partial charge in [-0.15, -0.1) is 0 Å². The van der Waals surface area contributed by atoms with E-state index in [1.807, 2.05) is 33.2 Å². The van der Waals surface area contributed by atoms with Gasteiger partial charge in [0.2, 0.25) is 0 Å². The van der Waals surface area contributed by atoms with Crippen LogP contribution in [0.4, 0.5) is 0 Å². The molecule has 6 nitrogen and oxygen atoms in total. The molecule has 2 heterocycles. The molecule has 1 aromatic carbocycles. The van der Waals surface area contributed by atoms with Crippen LogP contribution < -0.4 is 4.90 Å². The fraction of sp³-hybridized carbons (Fsp3) is 0.333. The van der Waals surface area contributed by atoms with Gasteiger partial charge >= 0.3 is 0 Å². The highest BCUT2D eigenvalue weighted by Crippen LogP contribution is 2.39. The molecule has 1 aromatic heterocycles. The van der Waals surface area contributed by atoms with Crippen LogP contribution in [0.25, 0.3) is 5.76 Å². The van der Waals surface area contributed by atoms with Crippen molar-refractivity contribution >= 4 is 17.4 Å². The number of carbonyl (C=O) groups excluding carboxylic acids is 2. The molecule has 0 radical (unpaired) electrons. The van der Waals surface area contributed by atoms with Crippen molar-refractivity contribution in [2.45, 2.75) is 19.4 Å². The highest BCUT2D eigenvalue weighted by molar-refractivity contribution is 6.46. The maximum Gasteiger partial charge on any atom is 0.295 e. The van der Waals surface area contributed by atoms with E-state index in [9.17, 15) is 14.7 Å². The van der Waals surface area contributed by atoms with Gasteiger partial charge in [-0.05, 0) is 19.1 Å². The van der Waals surface area contributed by atoms with Crippen LogP contribution >= 0.6 is 0 Å². The third-order valence-electron chi connectivity index (χ3n) is 4.75. The number of likely N-dealkylation sites (tertiary alicyclic amines) is 1. The van der Waals surface area contributed by atoms with Crippen LogP contribution in [0, 0.1) is 6.92 Å². The van der Waals surface area contributed by atoms with E-state index in [4.69, 9.17) is 4.42 Å². The number of furan rings is 1. The van der Waals surface area contributed by atoms with E-state index in [-0.39, 0.29) is 11.3 Å². The Balaban J connectivity index is 2.03. The average Bonchev–Trinajstić information content (AvgIpc) is 3.24. The smallest absolute Gasteiger partial charge is 0.295 e. The van der Waals surface area contributed by atoms with Crippen LogP contribution in [-0.2, 0) is 9.59 Å². The molecule has 1 aliphatic rings. The predicted octanol–water partition coefficient (Wildman–Crippen LogP) is 1.54. The van der Waals surface area contributed by atoms with Crippen LogP contribution in [0.3, 0.4) is 0 Å². The first-order valence-electron chi connectivity index (χ1n) is 9.08. The van der Waals surface area contributed by atoms with Gasteiger partial charge in [0.05, 0.1) is 32.5 Å². The lowest BCUT2D eigenvalue weighted by atomic mass is 9.99. The second-order valence-electron chi connectivity index (χ2n) is 7.18. The number of amides is 1. The molecule has 0 aliphatic carbocycles. The van der Waals surface area contributed by atoms with Gasteiger partial charge in [0.1, 0.15) is 17.6 Å². The van der Waals surface area contributed by atoms with Gasteiger partial charge in [-0.3, -0.25) is 9.59 Å². The molecule has 0 saturated carbocycles. The fourth-order valence-corrected chi connectivity index (χ4v) is 3.32. The third kappa shape index (κ3) is 3.80. The maximum atomic E-state index is 12.7. The second kappa shape index (κ2) is 7.80. The summed E-state index contributed by atoms with van der Waals surface area (Å²) in [6.07, 6.45) is 2.25. The zero-order valence-corrected chi connectivity index (χ0v) is 15.9. The molecule has 1 atom stereocenters. The molecule has 1 saturated heterocycles. The van der Waals surface area contributed by atoms with E-state index in [0.29, 0.717) is 17.9 Å². The lowest BCUT2D eigenvalue weighted by Crippen LogP contribution is -3.05. The van der Waals surface area contributed by atoms with Crippen LogP contribution in [0.5, 0.6) is 0 Å². The number of carbonyl (C=O) groups is 2. The fourth-order valence-electron chi connectivity index (χ4n) is 3.32. The van der Waals surface area contributed by atoms with Crippen molar-refractivity contribution in [3.63, 3.8) is 0 Å².